The van der Waals surface area contributed by atoms with E-state index in [4.69, 9.17) is 0 Å². The molecular formula is C17H32N2. The summed E-state index contributed by atoms with van der Waals surface area (Å²) in [7, 11) is 0. The summed E-state index contributed by atoms with van der Waals surface area (Å²) in [6.45, 7) is 13.4. The number of hydrogen-bond donors (Lipinski definition) is 1. The monoisotopic (exact) mass is 264 g/mol. The zero-order valence-corrected chi connectivity index (χ0v) is 13.5. The molecule has 0 radical (unpaired) electrons. The first-order valence-electron chi connectivity index (χ1n) is 7.56. The lowest BCUT2D eigenvalue weighted by molar-refractivity contribution is 0.896. The van der Waals surface area contributed by atoms with E-state index in [2.05, 4.69) is 43.4 Å². The van der Waals surface area contributed by atoms with Crippen molar-refractivity contribution in [3.8, 4) is 0 Å². The molecular weight excluding hydrogens is 232 g/mol. The van der Waals surface area contributed by atoms with Crippen molar-refractivity contribution >= 4 is 5.84 Å². The predicted molar refractivity (Wildman–Crippen MR) is 89.7 cm³/mol. The molecule has 0 bridgehead atoms. The molecule has 0 aliphatic carbocycles. The molecule has 0 aromatic heterocycles. The highest BCUT2D eigenvalue weighted by Gasteiger charge is 2.18. The lowest BCUT2D eigenvalue weighted by Gasteiger charge is -2.09. The standard InChI is InChI=1S/C15H24N2.C2H6.H2/c1-5-8-10-16-15-14(12(4)9-6-2)13(7-3)11-17-15;1-2;/h5,8,11H,6-7,9-10H2,1-4H3,(H,16,17);1-2H3;1H/b8-5-,14-12+;;. The molecule has 110 valence electrons. The van der Waals surface area contributed by atoms with Gasteiger partial charge >= 0.3 is 0 Å². The minimum absolute atomic E-state index is 0. The summed E-state index contributed by atoms with van der Waals surface area (Å²) in [6, 6.07) is 0. The van der Waals surface area contributed by atoms with Gasteiger partial charge in [0.1, 0.15) is 5.84 Å². The smallest absolute Gasteiger partial charge is 0.132 e. The first-order chi connectivity index (χ1) is 9.24. The van der Waals surface area contributed by atoms with Gasteiger partial charge < -0.3 is 5.32 Å². The minimum atomic E-state index is 0. The van der Waals surface area contributed by atoms with E-state index in [9.17, 15) is 0 Å². The van der Waals surface area contributed by atoms with Crippen molar-refractivity contribution in [1.82, 2.24) is 5.32 Å². The van der Waals surface area contributed by atoms with Crippen LogP contribution in [0.4, 0.5) is 0 Å². The number of allylic oxidation sites excluding steroid dienone is 2. The van der Waals surface area contributed by atoms with Gasteiger partial charge in [-0.1, -0.05) is 51.8 Å². The Kier molecular flexibility index (Phi) is 9.87. The van der Waals surface area contributed by atoms with Gasteiger partial charge in [0.15, 0.2) is 0 Å². The number of amidine groups is 1. The summed E-state index contributed by atoms with van der Waals surface area (Å²) in [4.78, 5) is 4.60. The summed E-state index contributed by atoms with van der Waals surface area (Å²) >= 11 is 0. The molecule has 2 heteroatoms. The summed E-state index contributed by atoms with van der Waals surface area (Å²) in [5, 5.41) is 3.30. The minimum Gasteiger partial charge on any atom is -0.346 e. The van der Waals surface area contributed by atoms with E-state index in [1.54, 1.807) is 0 Å². The van der Waals surface area contributed by atoms with Crippen LogP contribution in [0.3, 0.4) is 0 Å². The van der Waals surface area contributed by atoms with Crippen molar-refractivity contribution in [3.63, 3.8) is 0 Å². The van der Waals surface area contributed by atoms with E-state index < -0.39 is 0 Å². The van der Waals surface area contributed by atoms with E-state index in [1.807, 2.05) is 26.8 Å². The summed E-state index contributed by atoms with van der Waals surface area (Å²) in [5.41, 5.74) is 4.18. The van der Waals surface area contributed by atoms with Crippen molar-refractivity contribution in [2.45, 2.75) is 60.8 Å². The van der Waals surface area contributed by atoms with Crippen LogP contribution in [0.1, 0.15) is 62.2 Å². The molecule has 0 atom stereocenters. The third kappa shape index (κ3) is 5.46. The van der Waals surface area contributed by atoms with Crippen LogP contribution in [0.15, 0.2) is 40.1 Å². The molecule has 0 aromatic carbocycles. The largest absolute Gasteiger partial charge is 0.346 e. The maximum absolute atomic E-state index is 4.60. The fourth-order valence-electron chi connectivity index (χ4n) is 2.08. The van der Waals surface area contributed by atoms with Crippen LogP contribution >= 0.6 is 0 Å². The number of nitrogens with zero attached hydrogens (tertiary/aromatic N) is 1. The summed E-state index contributed by atoms with van der Waals surface area (Å²) in [5.74, 6) is 1.05. The van der Waals surface area contributed by atoms with Crippen molar-refractivity contribution in [1.29, 1.82) is 0 Å². The Bertz CT molecular complexity index is 376. The molecule has 0 unspecified atom stereocenters. The van der Waals surface area contributed by atoms with Crippen molar-refractivity contribution in [2.75, 3.05) is 6.54 Å². The van der Waals surface area contributed by atoms with Gasteiger partial charge in [-0.2, -0.15) is 0 Å². The third-order valence-electron chi connectivity index (χ3n) is 2.96. The second-order valence-electron chi connectivity index (χ2n) is 4.33. The lowest BCUT2D eigenvalue weighted by atomic mass is 9.98. The van der Waals surface area contributed by atoms with Crippen molar-refractivity contribution < 1.29 is 1.43 Å². The predicted octanol–water partition coefficient (Wildman–Crippen LogP) is 5.25. The van der Waals surface area contributed by atoms with Crippen LogP contribution in [0.2, 0.25) is 0 Å². The quantitative estimate of drug-likeness (QED) is 0.674. The Morgan fingerprint density at radius 1 is 1.37 bits per heavy atom. The highest BCUT2D eigenvalue weighted by atomic mass is 15.0. The lowest BCUT2D eigenvalue weighted by Crippen LogP contribution is -2.15. The summed E-state index contributed by atoms with van der Waals surface area (Å²) in [6.07, 6.45) is 9.61. The van der Waals surface area contributed by atoms with Gasteiger partial charge in [-0.25, -0.2) is 0 Å². The second-order valence-corrected chi connectivity index (χ2v) is 4.33. The number of hydrogen-bond acceptors (Lipinski definition) is 1. The van der Waals surface area contributed by atoms with E-state index in [0.29, 0.717) is 0 Å². The van der Waals surface area contributed by atoms with Crippen LogP contribution in [-0.4, -0.2) is 12.4 Å². The van der Waals surface area contributed by atoms with Gasteiger partial charge in [-0.05, 0) is 32.3 Å². The van der Waals surface area contributed by atoms with Crippen molar-refractivity contribution in [2.24, 2.45) is 4.99 Å². The van der Waals surface area contributed by atoms with Crippen LogP contribution in [0, 0.1) is 0 Å². The topological polar surface area (TPSA) is 24.4 Å². The van der Waals surface area contributed by atoms with Gasteiger partial charge in [0.2, 0.25) is 0 Å². The third-order valence-corrected chi connectivity index (χ3v) is 2.96. The van der Waals surface area contributed by atoms with Gasteiger partial charge in [-0.3, -0.25) is 4.99 Å². The Balaban J connectivity index is 0. The van der Waals surface area contributed by atoms with Crippen LogP contribution in [0.25, 0.3) is 0 Å². The molecule has 0 saturated carbocycles. The molecule has 1 aliphatic rings. The second kappa shape index (κ2) is 10.6. The van der Waals surface area contributed by atoms with Gasteiger partial charge in [-0.15, -0.1) is 0 Å². The van der Waals surface area contributed by atoms with E-state index in [1.165, 1.54) is 23.1 Å². The Hall–Kier alpha value is -1.31. The summed E-state index contributed by atoms with van der Waals surface area (Å²) < 4.78 is 0. The molecule has 0 amide bonds. The normalized spacial score (nSPS) is 19.1. The first-order valence-corrected chi connectivity index (χ1v) is 7.56. The molecule has 0 aromatic rings. The molecule has 0 spiro atoms. The highest BCUT2D eigenvalue weighted by molar-refractivity contribution is 6.06. The molecule has 19 heavy (non-hydrogen) atoms. The van der Waals surface area contributed by atoms with Crippen LogP contribution in [0.5, 0.6) is 0 Å². The van der Waals surface area contributed by atoms with Crippen LogP contribution < -0.4 is 5.32 Å². The van der Waals surface area contributed by atoms with E-state index in [0.717, 1.165) is 25.2 Å². The molecule has 1 rings (SSSR count). The van der Waals surface area contributed by atoms with Crippen molar-refractivity contribution in [3.05, 3.63) is 35.1 Å². The Morgan fingerprint density at radius 2 is 2.05 bits per heavy atom. The molecule has 2 nitrogen and oxygen atoms in total. The van der Waals surface area contributed by atoms with Crippen LogP contribution in [-0.2, 0) is 0 Å². The fourth-order valence-corrected chi connectivity index (χ4v) is 2.08. The number of rotatable bonds is 5. The number of nitrogens with one attached hydrogen (secondary N) is 1. The van der Waals surface area contributed by atoms with E-state index >= 15 is 0 Å². The van der Waals surface area contributed by atoms with Gasteiger partial charge in [0.05, 0.1) is 6.54 Å². The zero-order chi connectivity index (χ0) is 14.7. The maximum Gasteiger partial charge on any atom is 0.132 e. The average Bonchev–Trinajstić information content (AvgIpc) is 2.85. The fraction of sp³-hybridized carbons (Fsp3) is 0.588. The zero-order valence-electron chi connectivity index (χ0n) is 13.5. The Labute approximate surface area is 120 Å². The molecule has 1 aliphatic heterocycles. The Morgan fingerprint density at radius 3 is 2.58 bits per heavy atom. The van der Waals surface area contributed by atoms with Gasteiger partial charge in [0, 0.05) is 13.2 Å². The first kappa shape index (κ1) is 17.7. The highest BCUT2D eigenvalue weighted by Crippen LogP contribution is 2.25. The average molecular weight is 264 g/mol. The maximum atomic E-state index is 4.60. The number of aliphatic imine (C=N–C) groups is 1. The van der Waals surface area contributed by atoms with Gasteiger partial charge in [0.25, 0.3) is 0 Å². The van der Waals surface area contributed by atoms with E-state index in [-0.39, 0.29) is 1.43 Å². The molecule has 1 heterocycles. The molecule has 1 N–H and O–H groups in total. The molecule has 0 saturated heterocycles. The SMILES string of the molecule is C/C=C\CN=C1NC=C(CC)/C1=C(/C)CCC.CC.[HH]. The molecule has 0 fully saturated rings.